The molecule has 0 heterocycles. The van der Waals surface area contributed by atoms with Crippen LogP contribution in [0.2, 0.25) is 0 Å². The minimum Gasteiger partial charge on any atom is -0.492 e. The fourth-order valence-electron chi connectivity index (χ4n) is 1.57. The first-order valence-corrected chi connectivity index (χ1v) is 7.04. The van der Waals surface area contributed by atoms with Crippen molar-refractivity contribution in [3.8, 4) is 17.6 Å². The lowest BCUT2D eigenvalue weighted by Gasteiger charge is -2.09. The molecule has 0 saturated carbocycles. The molecule has 1 rings (SSSR count). The normalized spacial score (nSPS) is 10.0. The lowest BCUT2D eigenvalue weighted by molar-refractivity contribution is 0.297. The van der Waals surface area contributed by atoms with Crippen LogP contribution in [0.5, 0.6) is 5.75 Å². The van der Waals surface area contributed by atoms with Crippen LogP contribution in [0.3, 0.4) is 0 Å². The van der Waals surface area contributed by atoms with Crippen molar-refractivity contribution in [2.24, 2.45) is 5.92 Å². The fourth-order valence-corrected chi connectivity index (χ4v) is 1.67. The van der Waals surface area contributed by atoms with E-state index in [9.17, 15) is 0 Å². The van der Waals surface area contributed by atoms with Crippen LogP contribution in [0.4, 0.5) is 0 Å². The van der Waals surface area contributed by atoms with Crippen LogP contribution in [0, 0.1) is 17.8 Å². The molecule has 0 radical (unpaired) electrons. The van der Waals surface area contributed by atoms with E-state index in [0.29, 0.717) is 12.3 Å². The van der Waals surface area contributed by atoms with Crippen LogP contribution in [-0.4, -0.2) is 12.5 Å². The van der Waals surface area contributed by atoms with E-state index in [0.717, 1.165) is 30.3 Å². The van der Waals surface area contributed by atoms with Gasteiger partial charge < -0.3 is 4.74 Å². The molecule has 0 atom stereocenters. The smallest absolute Gasteiger partial charge is 0.134 e. The molecule has 18 heavy (non-hydrogen) atoms. The summed E-state index contributed by atoms with van der Waals surface area (Å²) in [4.78, 5) is 0. The van der Waals surface area contributed by atoms with Crippen LogP contribution in [-0.2, 0) is 0 Å². The van der Waals surface area contributed by atoms with Gasteiger partial charge in [0.05, 0.1) is 12.2 Å². The average Bonchev–Trinajstić information content (AvgIpc) is 2.36. The zero-order valence-electron chi connectivity index (χ0n) is 11.2. The van der Waals surface area contributed by atoms with Gasteiger partial charge in [0.25, 0.3) is 0 Å². The van der Waals surface area contributed by atoms with Crippen molar-refractivity contribution >= 4 is 11.6 Å². The Labute approximate surface area is 115 Å². The van der Waals surface area contributed by atoms with Crippen molar-refractivity contribution in [3.05, 3.63) is 29.8 Å². The predicted molar refractivity (Wildman–Crippen MR) is 78.2 cm³/mol. The van der Waals surface area contributed by atoms with Gasteiger partial charge in [-0.3, -0.25) is 0 Å². The third-order valence-electron chi connectivity index (χ3n) is 2.51. The molecule has 0 spiro atoms. The number of alkyl halides is 1. The summed E-state index contributed by atoms with van der Waals surface area (Å²) in [5.41, 5.74) is 0.951. The second kappa shape index (κ2) is 8.89. The summed E-state index contributed by atoms with van der Waals surface area (Å²) in [7, 11) is 0. The van der Waals surface area contributed by atoms with E-state index in [1.165, 1.54) is 6.42 Å². The van der Waals surface area contributed by atoms with Gasteiger partial charge in [0, 0.05) is 12.3 Å². The largest absolute Gasteiger partial charge is 0.492 e. The summed E-state index contributed by atoms with van der Waals surface area (Å²) in [5.74, 6) is 8.32. The highest BCUT2D eigenvalue weighted by Crippen LogP contribution is 2.17. The monoisotopic (exact) mass is 264 g/mol. The Hall–Kier alpha value is -1.13. The lowest BCUT2D eigenvalue weighted by atomic mass is 10.1. The predicted octanol–water partition coefficient (Wildman–Crippen LogP) is 4.48. The molecule has 0 unspecified atom stereocenters. The molecule has 0 bridgehead atoms. The van der Waals surface area contributed by atoms with E-state index >= 15 is 0 Å². The Morgan fingerprint density at radius 2 is 2.06 bits per heavy atom. The van der Waals surface area contributed by atoms with Gasteiger partial charge in [0.15, 0.2) is 0 Å². The highest BCUT2D eigenvalue weighted by atomic mass is 35.5. The summed E-state index contributed by atoms with van der Waals surface area (Å²) in [6.07, 6.45) is 2.99. The van der Waals surface area contributed by atoms with Gasteiger partial charge in [0.2, 0.25) is 0 Å². The van der Waals surface area contributed by atoms with Crippen LogP contribution in [0.25, 0.3) is 0 Å². The SMILES string of the molecule is CC(C)CCCOc1ccccc1C#CCCCl. The molecule has 0 aliphatic carbocycles. The first-order valence-electron chi connectivity index (χ1n) is 6.50. The van der Waals surface area contributed by atoms with E-state index in [2.05, 4.69) is 25.7 Å². The Bertz CT molecular complexity index is 401. The second-order valence-electron chi connectivity index (χ2n) is 4.62. The van der Waals surface area contributed by atoms with E-state index in [1.54, 1.807) is 0 Å². The molecule has 2 heteroatoms. The van der Waals surface area contributed by atoms with Gasteiger partial charge in [-0.2, -0.15) is 0 Å². The Kier molecular flexibility index (Phi) is 7.37. The average molecular weight is 265 g/mol. The zero-order chi connectivity index (χ0) is 13.2. The van der Waals surface area contributed by atoms with Gasteiger partial charge in [0.1, 0.15) is 5.75 Å². The third-order valence-corrected chi connectivity index (χ3v) is 2.70. The fraction of sp³-hybridized carbons (Fsp3) is 0.500. The van der Waals surface area contributed by atoms with E-state index in [4.69, 9.17) is 16.3 Å². The van der Waals surface area contributed by atoms with Crippen molar-refractivity contribution in [2.75, 3.05) is 12.5 Å². The molecule has 98 valence electrons. The molecule has 0 N–H and O–H groups in total. The van der Waals surface area contributed by atoms with Gasteiger partial charge in [-0.15, -0.1) is 11.6 Å². The highest BCUT2D eigenvalue weighted by molar-refractivity contribution is 6.18. The van der Waals surface area contributed by atoms with Gasteiger partial charge in [-0.25, -0.2) is 0 Å². The van der Waals surface area contributed by atoms with E-state index in [-0.39, 0.29) is 0 Å². The zero-order valence-corrected chi connectivity index (χ0v) is 12.0. The number of hydrogen-bond acceptors (Lipinski definition) is 1. The molecule has 0 aromatic heterocycles. The quantitative estimate of drug-likeness (QED) is 0.418. The maximum absolute atomic E-state index is 5.78. The van der Waals surface area contributed by atoms with Crippen LogP contribution in [0.1, 0.15) is 38.7 Å². The molecule has 0 aliphatic rings. The van der Waals surface area contributed by atoms with Crippen molar-refractivity contribution in [1.82, 2.24) is 0 Å². The minimum absolute atomic E-state index is 0.574. The Morgan fingerprint density at radius 3 is 2.78 bits per heavy atom. The Morgan fingerprint density at radius 1 is 1.28 bits per heavy atom. The van der Waals surface area contributed by atoms with Crippen LogP contribution in [0.15, 0.2) is 24.3 Å². The molecule has 0 saturated heterocycles. The molecule has 1 aromatic rings. The summed E-state index contributed by atoms with van der Waals surface area (Å²) in [6.45, 7) is 5.21. The number of hydrogen-bond donors (Lipinski definition) is 0. The van der Waals surface area contributed by atoms with Crippen LogP contribution >= 0.6 is 11.6 Å². The molecule has 0 aliphatic heterocycles. The molecular weight excluding hydrogens is 244 g/mol. The van der Waals surface area contributed by atoms with E-state index < -0.39 is 0 Å². The number of rotatable bonds is 6. The summed E-state index contributed by atoms with van der Waals surface area (Å²) in [6, 6.07) is 7.91. The maximum atomic E-state index is 5.78. The topological polar surface area (TPSA) is 9.23 Å². The van der Waals surface area contributed by atoms with Crippen LogP contribution < -0.4 is 4.74 Å². The summed E-state index contributed by atoms with van der Waals surface area (Å²) < 4.78 is 5.78. The standard InChI is InChI=1S/C16H21ClO/c1-14(2)8-7-13-18-16-11-4-3-9-15(16)10-5-6-12-17/h3-4,9,11,14H,6-8,12-13H2,1-2H3. The van der Waals surface area contributed by atoms with Crippen molar-refractivity contribution in [1.29, 1.82) is 0 Å². The minimum atomic E-state index is 0.574. The van der Waals surface area contributed by atoms with Gasteiger partial charge in [-0.1, -0.05) is 37.8 Å². The summed E-state index contributed by atoms with van der Waals surface area (Å²) >= 11 is 5.61. The summed E-state index contributed by atoms with van der Waals surface area (Å²) in [5, 5.41) is 0. The van der Waals surface area contributed by atoms with Gasteiger partial charge >= 0.3 is 0 Å². The number of para-hydroxylation sites is 1. The first-order chi connectivity index (χ1) is 8.74. The lowest BCUT2D eigenvalue weighted by Crippen LogP contribution is -2.00. The van der Waals surface area contributed by atoms with Crippen molar-refractivity contribution < 1.29 is 4.74 Å². The highest BCUT2D eigenvalue weighted by Gasteiger charge is 2.00. The Balaban J connectivity index is 2.52. The third kappa shape index (κ3) is 5.98. The molecule has 0 fully saturated rings. The second-order valence-corrected chi connectivity index (χ2v) is 5.00. The molecule has 0 amide bonds. The molecule has 1 aromatic carbocycles. The molecule has 1 nitrogen and oxygen atoms in total. The van der Waals surface area contributed by atoms with E-state index in [1.807, 2.05) is 24.3 Å². The molecular formula is C16H21ClO. The number of halogens is 1. The maximum Gasteiger partial charge on any atom is 0.134 e. The van der Waals surface area contributed by atoms with Gasteiger partial charge in [-0.05, 0) is 30.9 Å². The first kappa shape index (κ1) is 14.9. The number of ether oxygens (including phenoxy) is 1. The number of benzene rings is 1. The van der Waals surface area contributed by atoms with Crippen molar-refractivity contribution in [2.45, 2.75) is 33.1 Å². The van der Waals surface area contributed by atoms with Crippen molar-refractivity contribution in [3.63, 3.8) is 0 Å².